The lowest BCUT2D eigenvalue weighted by Gasteiger charge is -2.23. The Morgan fingerprint density at radius 2 is 2.14 bits per heavy atom. The van der Waals surface area contributed by atoms with E-state index in [4.69, 9.17) is 4.52 Å². The third-order valence-corrected chi connectivity index (χ3v) is 3.44. The Bertz CT molecular complexity index is 580. The van der Waals surface area contributed by atoms with Crippen molar-refractivity contribution in [3.8, 4) is 11.3 Å². The first kappa shape index (κ1) is 15.5. The van der Waals surface area contributed by atoms with Gasteiger partial charge in [-0.25, -0.2) is 0 Å². The number of piperidine rings is 1. The first-order valence-corrected chi connectivity index (χ1v) is 6.86. The molecule has 21 heavy (non-hydrogen) atoms. The number of rotatable bonds is 3. The molecule has 0 spiro atoms. The van der Waals surface area contributed by atoms with Crippen molar-refractivity contribution in [1.29, 1.82) is 0 Å². The van der Waals surface area contributed by atoms with Crippen LogP contribution in [0.15, 0.2) is 40.9 Å². The lowest BCUT2D eigenvalue weighted by molar-refractivity contribution is 0.0893. The summed E-state index contributed by atoms with van der Waals surface area (Å²) in [6, 6.07) is 11.5. The summed E-state index contributed by atoms with van der Waals surface area (Å²) in [5.74, 6) is 0.0582. The highest BCUT2D eigenvalue weighted by Crippen LogP contribution is 2.18. The zero-order valence-corrected chi connectivity index (χ0v) is 12.4. The molecule has 0 saturated carbocycles. The quantitative estimate of drug-likeness (QED) is 0.912. The van der Waals surface area contributed by atoms with Gasteiger partial charge in [0.25, 0.3) is 5.91 Å². The molecular formula is C15H18ClN3O2. The van der Waals surface area contributed by atoms with Crippen LogP contribution in [0.3, 0.4) is 0 Å². The van der Waals surface area contributed by atoms with Gasteiger partial charge in [-0.2, -0.15) is 0 Å². The smallest absolute Gasteiger partial charge is 0.290 e. The Labute approximate surface area is 129 Å². The third kappa shape index (κ3) is 3.83. The van der Waals surface area contributed by atoms with Crippen LogP contribution in [-0.4, -0.2) is 30.2 Å². The van der Waals surface area contributed by atoms with Crippen molar-refractivity contribution < 1.29 is 9.32 Å². The fourth-order valence-corrected chi connectivity index (χ4v) is 2.36. The number of nitrogens with one attached hydrogen (secondary N) is 2. The second-order valence-corrected chi connectivity index (χ2v) is 4.96. The Hall–Kier alpha value is -1.85. The van der Waals surface area contributed by atoms with E-state index in [0.717, 1.165) is 31.5 Å². The Kier molecular flexibility index (Phi) is 5.36. The molecule has 1 amide bonds. The fraction of sp³-hybridized carbons (Fsp3) is 0.333. The molecule has 6 heteroatoms. The average Bonchev–Trinajstić information content (AvgIpc) is 2.99. The van der Waals surface area contributed by atoms with Crippen LogP contribution in [0.1, 0.15) is 23.4 Å². The molecule has 112 valence electrons. The highest BCUT2D eigenvalue weighted by atomic mass is 35.5. The van der Waals surface area contributed by atoms with Gasteiger partial charge in [-0.15, -0.1) is 12.4 Å². The molecule has 5 nitrogen and oxygen atoms in total. The van der Waals surface area contributed by atoms with E-state index < -0.39 is 0 Å². The SMILES string of the molecule is Cl.O=C(N[C@H]1CCCNC1)c1cc(-c2ccccc2)no1. The van der Waals surface area contributed by atoms with Gasteiger partial charge in [0, 0.05) is 24.2 Å². The number of hydrogen-bond donors (Lipinski definition) is 2. The summed E-state index contributed by atoms with van der Waals surface area (Å²) < 4.78 is 5.14. The molecule has 3 rings (SSSR count). The maximum atomic E-state index is 12.1. The third-order valence-electron chi connectivity index (χ3n) is 3.44. The summed E-state index contributed by atoms with van der Waals surface area (Å²) in [7, 11) is 0. The standard InChI is InChI=1S/C15H17N3O2.ClH/c19-15(17-12-7-4-8-16-10-12)14-9-13(18-20-14)11-5-2-1-3-6-11;/h1-3,5-6,9,12,16H,4,7-8,10H2,(H,17,19);1H/t12-;/m0./s1. The molecule has 0 unspecified atom stereocenters. The highest BCUT2D eigenvalue weighted by Gasteiger charge is 2.19. The van der Waals surface area contributed by atoms with E-state index in [2.05, 4.69) is 15.8 Å². The van der Waals surface area contributed by atoms with E-state index in [-0.39, 0.29) is 30.1 Å². The summed E-state index contributed by atoms with van der Waals surface area (Å²) in [6.07, 6.45) is 2.08. The number of amides is 1. The van der Waals surface area contributed by atoms with Crippen LogP contribution < -0.4 is 10.6 Å². The number of carbonyl (C=O) groups is 1. The molecule has 1 aliphatic heterocycles. The lowest BCUT2D eigenvalue weighted by atomic mass is 10.1. The molecule has 2 heterocycles. The van der Waals surface area contributed by atoms with Gasteiger partial charge < -0.3 is 15.2 Å². The number of nitrogens with zero attached hydrogens (tertiary/aromatic N) is 1. The molecule has 1 saturated heterocycles. The first-order valence-electron chi connectivity index (χ1n) is 6.86. The van der Waals surface area contributed by atoms with E-state index in [9.17, 15) is 4.79 Å². The molecule has 0 aliphatic carbocycles. The first-order chi connectivity index (χ1) is 9.83. The molecule has 2 N–H and O–H groups in total. The Morgan fingerprint density at radius 1 is 1.33 bits per heavy atom. The van der Waals surface area contributed by atoms with E-state index in [1.54, 1.807) is 6.07 Å². The molecule has 1 aromatic heterocycles. The van der Waals surface area contributed by atoms with E-state index in [1.165, 1.54) is 0 Å². The van der Waals surface area contributed by atoms with Crippen molar-refractivity contribution in [2.45, 2.75) is 18.9 Å². The Morgan fingerprint density at radius 3 is 2.86 bits per heavy atom. The van der Waals surface area contributed by atoms with Crippen LogP contribution >= 0.6 is 12.4 Å². The zero-order valence-electron chi connectivity index (χ0n) is 11.5. The maximum Gasteiger partial charge on any atom is 0.290 e. The summed E-state index contributed by atoms with van der Waals surface area (Å²) >= 11 is 0. The van der Waals surface area contributed by atoms with E-state index in [0.29, 0.717) is 5.69 Å². The van der Waals surface area contributed by atoms with Crippen LogP contribution in [0.25, 0.3) is 11.3 Å². The van der Waals surface area contributed by atoms with E-state index >= 15 is 0 Å². The number of benzene rings is 1. The summed E-state index contributed by atoms with van der Waals surface area (Å²) in [5.41, 5.74) is 1.62. The summed E-state index contributed by atoms with van der Waals surface area (Å²) in [6.45, 7) is 1.83. The Balaban J connectivity index is 0.00000161. The van der Waals surface area contributed by atoms with Gasteiger partial charge in [-0.3, -0.25) is 4.79 Å². The van der Waals surface area contributed by atoms with Crippen molar-refractivity contribution in [1.82, 2.24) is 15.8 Å². The van der Waals surface area contributed by atoms with Gasteiger partial charge in [-0.05, 0) is 19.4 Å². The molecule has 1 aliphatic rings. The number of halogens is 1. The predicted molar refractivity (Wildman–Crippen MR) is 82.5 cm³/mol. The predicted octanol–water partition coefficient (Wildman–Crippen LogP) is 2.25. The van der Waals surface area contributed by atoms with Crippen molar-refractivity contribution >= 4 is 18.3 Å². The van der Waals surface area contributed by atoms with Crippen molar-refractivity contribution in [3.05, 3.63) is 42.2 Å². The zero-order chi connectivity index (χ0) is 13.8. The van der Waals surface area contributed by atoms with Gasteiger partial charge in [0.1, 0.15) is 5.69 Å². The normalized spacial score (nSPS) is 17.8. The van der Waals surface area contributed by atoms with E-state index in [1.807, 2.05) is 30.3 Å². The highest BCUT2D eigenvalue weighted by molar-refractivity contribution is 5.92. The van der Waals surface area contributed by atoms with Crippen LogP contribution in [0.5, 0.6) is 0 Å². The van der Waals surface area contributed by atoms with Crippen molar-refractivity contribution in [3.63, 3.8) is 0 Å². The fourth-order valence-electron chi connectivity index (χ4n) is 2.36. The van der Waals surface area contributed by atoms with Gasteiger partial charge in [0.2, 0.25) is 5.76 Å². The molecule has 2 aromatic rings. The van der Waals surface area contributed by atoms with Crippen LogP contribution in [0.2, 0.25) is 0 Å². The van der Waals surface area contributed by atoms with Gasteiger partial charge in [0.15, 0.2) is 0 Å². The molecule has 1 aromatic carbocycles. The van der Waals surface area contributed by atoms with Gasteiger partial charge in [-0.1, -0.05) is 35.5 Å². The monoisotopic (exact) mass is 307 g/mol. The second kappa shape index (κ2) is 7.24. The van der Waals surface area contributed by atoms with Crippen LogP contribution in [0.4, 0.5) is 0 Å². The number of aromatic nitrogens is 1. The molecule has 1 atom stereocenters. The molecular weight excluding hydrogens is 290 g/mol. The van der Waals surface area contributed by atoms with Crippen molar-refractivity contribution in [2.75, 3.05) is 13.1 Å². The minimum atomic E-state index is -0.201. The molecule has 0 bridgehead atoms. The summed E-state index contributed by atoms with van der Waals surface area (Å²) in [4.78, 5) is 12.1. The topological polar surface area (TPSA) is 67.2 Å². The lowest BCUT2D eigenvalue weighted by Crippen LogP contribution is -2.45. The summed E-state index contributed by atoms with van der Waals surface area (Å²) in [5, 5.41) is 10.2. The minimum absolute atomic E-state index is 0. The average molecular weight is 308 g/mol. The van der Waals surface area contributed by atoms with Gasteiger partial charge in [0.05, 0.1) is 0 Å². The second-order valence-electron chi connectivity index (χ2n) is 4.96. The largest absolute Gasteiger partial charge is 0.350 e. The van der Waals surface area contributed by atoms with Gasteiger partial charge >= 0.3 is 0 Å². The molecule has 1 fully saturated rings. The van der Waals surface area contributed by atoms with Crippen molar-refractivity contribution in [2.24, 2.45) is 0 Å². The van der Waals surface area contributed by atoms with Crippen LogP contribution in [0, 0.1) is 0 Å². The maximum absolute atomic E-state index is 12.1. The molecule has 0 radical (unpaired) electrons. The number of hydrogen-bond acceptors (Lipinski definition) is 4. The minimum Gasteiger partial charge on any atom is -0.350 e. The van der Waals surface area contributed by atoms with Crippen LogP contribution in [-0.2, 0) is 0 Å². The number of carbonyl (C=O) groups excluding carboxylic acids is 1.